The molecule has 0 aliphatic heterocycles. The van der Waals surface area contributed by atoms with Crippen molar-refractivity contribution in [2.75, 3.05) is 6.61 Å². The quantitative estimate of drug-likeness (QED) is 0.437. The van der Waals surface area contributed by atoms with Gasteiger partial charge in [0.2, 0.25) is 0 Å². The zero-order chi connectivity index (χ0) is 18.9. The van der Waals surface area contributed by atoms with Crippen LogP contribution >= 0.6 is 11.6 Å². The molecule has 2 fully saturated rings. The van der Waals surface area contributed by atoms with E-state index in [0.717, 1.165) is 42.4 Å². The van der Waals surface area contributed by atoms with Gasteiger partial charge in [0.05, 0.1) is 6.61 Å². The van der Waals surface area contributed by atoms with Crippen molar-refractivity contribution >= 4 is 11.6 Å². The zero-order valence-electron chi connectivity index (χ0n) is 17.0. The van der Waals surface area contributed by atoms with Gasteiger partial charge in [0.15, 0.2) is 0 Å². The number of halogens is 1. The molecule has 2 saturated carbocycles. The Kier molecular flexibility index (Phi) is 8.58. The highest BCUT2D eigenvalue weighted by atomic mass is 35.5. The molecule has 0 unspecified atom stereocenters. The van der Waals surface area contributed by atoms with Gasteiger partial charge in [0, 0.05) is 5.54 Å². The summed E-state index contributed by atoms with van der Waals surface area (Å²) >= 11 is 5.73. The molecule has 2 aliphatic rings. The lowest BCUT2D eigenvalue weighted by Gasteiger charge is -2.31. The molecule has 1 aromatic rings. The number of hydrogen-bond acceptors (Lipinski definition) is 1. The number of benzene rings is 1. The Bertz CT molecular complexity index is 548. The summed E-state index contributed by atoms with van der Waals surface area (Å²) in [5.41, 5.74) is 3.23. The molecule has 2 aliphatic carbocycles. The van der Waals surface area contributed by atoms with Crippen molar-refractivity contribution in [2.45, 2.75) is 83.5 Å². The second kappa shape index (κ2) is 11.1. The minimum atomic E-state index is 0.743. The van der Waals surface area contributed by atoms with E-state index < -0.39 is 0 Å². The molecule has 0 radical (unpaired) electrons. The van der Waals surface area contributed by atoms with E-state index in [2.05, 4.69) is 37.3 Å². The average molecular weight is 389 g/mol. The van der Waals surface area contributed by atoms with Gasteiger partial charge in [-0.1, -0.05) is 49.6 Å². The summed E-state index contributed by atoms with van der Waals surface area (Å²) in [5.74, 6) is 4.46. The highest BCUT2D eigenvalue weighted by molar-refractivity contribution is 6.25. The van der Waals surface area contributed by atoms with Gasteiger partial charge in [0.25, 0.3) is 0 Å². The van der Waals surface area contributed by atoms with E-state index in [0.29, 0.717) is 0 Å². The Morgan fingerprint density at radius 3 is 2.04 bits per heavy atom. The lowest BCUT2D eigenvalue weighted by Crippen LogP contribution is -2.17. The van der Waals surface area contributed by atoms with Crippen LogP contribution < -0.4 is 4.74 Å². The van der Waals surface area contributed by atoms with Crippen LogP contribution in [0.25, 0.3) is 0 Å². The molecule has 1 nitrogen and oxygen atoms in total. The zero-order valence-corrected chi connectivity index (χ0v) is 17.8. The maximum Gasteiger partial charge on any atom is 0.119 e. The van der Waals surface area contributed by atoms with E-state index in [9.17, 15) is 0 Å². The van der Waals surface area contributed by atoms with Crippen LogP contribution in [0.1, 0.15) is 89.0 Å². The standard InChI is InChI=1S/C25H37ClO/c1-2-19-27-25-15-13-24(14-16-25)23-11-9-21(10-12-23)4-3-20-5-7-22(8-6-20)17-18-26/h13-18,20-23H,2-12,19H2,1H3/b18-17+. The maximum atomic E-state index is 5.73. The summed E-state index contributed by atoms with van der Waals surface area (Å²) in [6, 6.07) is 8.91. The van der Waals surface area contributed by atoms with Crippen molar-refractivity contribution in [3.05, 3.63) is 41.4 Å². The fraction of sp³-hybridized carbons (Fsp3) is 0.680. The molecule has 0 saturated heterocycles. The largest absolute Gasteiger partial charge is 0.494 e. The van der Waals surface area contributed by atoms with Crippen molar-refractivity contribution in [3.8, 4) is 5.75 Å². The first kappa shape index (κ1) is 20.8. The van der Waals surface area contributed by atoms with Crippen LogP contribution in [-0.4, -0.2) is 6.61 Å². The number of ether oxygens (including phenoxy) is 1. The van der Waals surface area contributed by atoms with Gasteiger partial charge in [-0.05, 0) is 99.2 Å². The van der Waals surface area contributed by atoms with Crippen molar-refractivity contribution in [1.29, 1.82) is 0 Å². The Morgan fingerprint density at radius 1 is 0.889 bits per heavy atom. The Hall–Kier alpha value is -0.950. The van der Waals surface area contributed by atoms with Gasteiger partial charge < -0.3 is 4.74 Å². The molecule has 0 bridgehead atoms. The topological polar surface area (TPSA) is 9.23 Å². The first-order chi connectivity index (χ1) is 13.3. The summed E-state index contributed by atoms with van der Waals surface area (Å²) in [4.78, 5) is 0. The third kappa shape index (κ3) is 6.56. The highest BCUT2D eigenvalue weighted by Gasteiger charge is 2.24. The molecular formula is C25H37ClO. The Morgan fingerprint density at radius 2 is 1.48 bits per heavy atom. The second-order valence-electron chi connectivity index (χ2n) is 8.81. The minimum absolute atomic E-state index is 0.743. The molecule has 0 spiro atoms. The van der Waals surface area contributed by atoms with Crippen LogP contribution in [0.3, 0.4) is 0 Å². The molecule has 0 atom stereocenters. The van der Waals surface area contributed by atoms with Crippen molar-refractivity contribution in [3.63, 3.8) is 0 Å². The van der Waals surface area contributed by atoms with Crippen molar-refractivity contribution in [1.82, 2.24) is 0 Å². The monoisotopic (exact) mass is 388 g/mol. The van der Waals surface area contributed by atoms with E-state index in [-0.39, 0.29) is 0 Å². The van der Waals surface area contributed by atoms with Gasteiger partial charge in [-0.2, -0.15) is 0 Å². The number of rotatable bonds is 8. The summed E-state index contributed by atoms with van der Waals surface area (Å²) in [7, 11) is 0. The second-order valence-corrected chi connectivity index (χ2v) is 9.06. The van der Waals surface area contributed by atoms with Crippen molar-refractivity contribution < 1.29 is 4.74 Å². The molecular weight excluding hydrogens is 352 g/mol. The minimum Gasteiger partial charge on any atom is -0.494 e. The van der Waals surface area contributed by atoms with Gasteiger partial charge in [-0.15, -0.1) is 0 Å². The van der Waals surface area contributed by atoms with E-state index in [1.807, 2.05) is 0 Å². The Labute approximate surface area is 171 Å². The summed E-state index contributed by atoms with van der Waals surface area (Å²) in [5, 5.41) is 0. The number of hydrogen-bond donors (Lipinski definition) is 0. The molecule has 0 N–H and O–H groups in total. The van der Waals surface area contributed by atoms with E-state index in [1.165, 1.54) is 69.8 Å². The first-order valence-corrected chi connectivity index (χ1v) is 11.7. The van der Waals surface area contributed by atoms with E-state index >= 15 is 0 Å². The average Bonchev–Trinajstić information content (AvgIpc) is 2.73. The van der Waals surface area contributed by atoms with E-state index in [1.54, 1.807) is 5.54 Å². The molecule has 2 heteroatoms. The third-order valence-electron chi connectivity index (χ3n) is 6.89. The summed E-state index contributed by atoms with van der Waals surface area (Å²) in [6.45, 7) is 2.96. The Balaban J connectivity index is 1.35. The molecule has 3 rings (SSSR count). The lowest BCUT2D eigenvalue weighted by molar-refractivity contribution is 0.246. The van der Waals surface area contributed by atoms with Gasteiger partial charge in [0.1, 0.15) is 5.75 Å². The molecule has 150 valence electrons. The first-order valence-electron chi connectivity index (χ1n) is 11.3. The molecule has 0 heterocycles. The van der Waals surface area contributed by atoms with E-state index in [4.69, 9.17) is 16.3 Å². The van der Waals surface area contributed by atoms with Crippen LogP contribution in [-0.2, 0) is 0 Å². The van der Waals surface area contributed by atoms with Crippen LogP contribution in [0, 0.1) is 17.8 Å². The van der Waals surface area contributed by atoms with Crippen LogP contribution in [0.2, 0.25) is 0 Å². The summed E-state index contributed by atoms with van der Waals surface area (Å²) in [6.07, 6.45) is 17.3. The lowest BCUT2D eigenvalue weighted by atomic mass is 9.74. The van der Waals surface area contributed by atoms with Crippen LogP contribution in [0.15, 0.2) is 35.9 Å². The van der Waals surface area contributed by atoms with Gasteiger partial charge >= 0.3 is 0 Å². The third-order valence-corrected chi connectivity index (χ3v) is 7.04. The maximum absolute atomic E-state index is 5.73. The van der Waals surface area contributed by atoms with Gasteiger partial charge in [-0.3, -0.25) is 0 Å². The molecule has 0 aromatic heterocycles. The highest BCUT2D eigenvalue weighted by Crippen LogP contribution is 2.40. The van der Waals surface area contributed by atoms with Crippen LogP contribution in [0.4, 0.5) is 0 Å². The molecule has 27 heavy (non-hydrogen) atoms. The summed E-state index contributed by atoms with van der Waals surface area (Å²) < 4.78 is 5.71. The van der Waals surface area contributed by atoms with Gasteiger partial charge in [-0.25, -0.2) is 0 Å². The predicted octanol–water partition coefficient (Wildman–Crippen LogP) is 8.09. The van der Waals surface area contributed by atoms with Crippen LogP contribution in [0.5, 0.6) is 5.75 Å². The fourth-order valence-corrected chi connectivity index (χ4v) is 5.29. The fourth-order valence-electron chi connectivity index (χ4n) is 5.08. The normalized spacial score (nSPS) is 29.1. The smallest absolute Gasteiger partial charge is 0.119 e. The molecule has 1 aromatic carbocycles. The number of allylic oxidation sites excluding steroid dienone is 1. The SMILES string of the molecule is CCCOc1ccc(C2CCC(CCC3CCC(/C=C/Cl)CC3)CC2)cc1. The van der Waals surface area contributed by atoms with Crippen molar-refractivity contribution in [2.24, 2.45) is 17.8 Å². The predicted molar refractivity (Wildman–Crippen MR) is 117 cm³/mol. The molecule has 0 amide bonds.